The topological polar surface area (TPSA) is 95.9 Å². The maximum Gasteiger partial charge on any atom is 0.306 e. The fourth-order valence-corrected chi connectivity index (χ4v) is 6.64. The van der Waals surface area contributed by atoms with Gasteiger partial charge in [0.2, 0.25) is 5.91 Å². The number of ether oxygens (including phenoxy) is 1. The third-order valence-corrected chi connectivity index (χ3v) is 10.1. The summed E-state index contributed by atoms with van der Waals surface area (Å²) in [6.07, 6.45) is 51.4. The Kier molecular flexibility index (Phi) is 40.8. The van der Waals surface area contributed by atoms with Gasteiger partial charge >= 0.3 is 5.97 Å². The van der Waals surface area contributed by atoms with Gasteiger partial charge in [-0.25, -0.2) is 0 Å². The summed E-state index contributed by atoms with van der Waals surface area (Å²) in [5, 5.41) is 23.6. The maximum atomic E-state index is 13.1. The van der Waals surface area contributed by atoms with Gasteiger partial charge in [0.1, 0.15) is 6.10 Å². The van der Waals surface area contributed by atoms with Crippen LogP contribution in [0.25, 0.3) is 0 Å². The van der Waals surface area contributed by atoms with Crippen molar-refractivity contribution >= 4 is 11.9 Å². The summed E-state index contributed by atoms with van der Waals surface area (Å²) in [6.45, 7) is 6.30. The van der Waals surface area contributed by atoms with Gasteiger partial charge in [-0.3, -0.25) is 9.59 Å². The van der Waals surface area contributed by atoms with Crippen LogP contribution in [0.1, 0.15) is 213 Å². The van der Waals surface area contributed by atoms with E-state index in [1.54, 1.807) is 0 Å². The van der Waals surface area contributed by atoms with Crippen LogP contribution in [0.15, 0.2) is 60.8 Å². The molecule has 0 aliphatic carbocycles. The highest BCUT2D eigenvalue weighted by molar-refractivity contribution is 5.77. The van der Waals surface area contributed by atoms with Gasteiger partial charge in [0.05, 0.1) is 25.2 Å². The molecule has 0 aromatic rings. The SMILES string of the molecule is CC/C=C\C/C=C\C/C=C\C/C=C\C/C=C\CCCC(CC(=O)NC(CO)C(O)CCCCCCCCCCCC)OC(=O)CCCCCCCCCCC. The molecule has 0 aromatic carbocycles. The van der Waals surface area contributed by atoms with Crippen molar-refractivity contribution in [2.45, 2.75) is 232 Å². The molecule has 3 N–H and O–H groups in total. The highest BCUT2D eigenvalue weighted by Gasteiger charge is 2.24. The van der Waals surface area contributed by atoms with Gasteiger partial charge in [-0.2, -0.15) is 0 Å². The lowest BCUT2D eigenvalue weighted by Gasteiger charge is -2.24. The van der Waals surface area contributed by atoms with Crippen molar-refractivity contribution < 1.29 is 24.5 Å². The Labute approximate surface area is 339 Å². The van der Waals surface area contributed by atoms with Crippen LogP contribution in [0.4, 0.5) is 0 Å². The van der Waals surface area contributed by atoms with E-state index in [1.165, 1.54) is 83.5 Å². The predicted octanol–water partition coefficient (Wildman–Crippen LogP) is 13.3. The van der Waals surface area contributed by atoms with Crippen LogP contribution in [0.3, 0.4) is 0 Å². The minimum absolute atomic E-state index is 0.0383. The van der Waals surface area contributed by atoms with Gasteiger partial charge in [-0.1, -0.05) is 197 Å². The molecule has 55 heavy (non-hydrogen) atoms. The highest BCUT2D eigenvalue weighted by atomic mass is 16.5. The largest absolute Gasteiger partial charge is 0.462 e. The first-order chi connectivity index (χ1) is 27.0. The minimum atomic E-state index is -0.800. The van der Waals surface area contributed by atoms with Crippen LogP contribution >= 0.6 is 0 Å². The van der Waals surface area contributed by atoms with Crippen LogP contribution in [-0.2, 0) is 14.3 Å². The first kappa shape index (κ1) is 52.6. The van der Waals surface area contributed by atoms with Gasteiger partial charge in [0.15, 0.2) is 0 Å². The monoisotopic (exact) mass is 770 g/mol. The molecule has 0 aromatic heterocycles. The summed E-state index contributed by atoms with van der Waals surface area (Å²) >= 11 is 0. The first-order valence-corrected chi connectivity index (χ1v) is 23.0. The number of unbranched alkanes of at least 4 members (excludes halogenated alkanes) is 18. The van der Waals surface area contributed by atoms with Gasteiger partial charge in [-0.05, 0) is 64.2 Å². The number of carbonyl (C=O) groups excluding carboxylic acids is 2. The van der Waals surface area contributed by atoms with E-state index in [9.17, 15) is 19.8 Å². The van der Waals surface area contributed by atoms with Gasteiger partial charge in [0, 0.05) is 6.42 Å². The zero-order valence-electron chi connectivity index (χ0n) is 36.0. The van der Waals surface area contributed by atoms with Crippen molar-refractivity contribution in [3.05, 3.63) is 60.8 Å². The summed E-state index contributed by atoms with van der Waals surface area (Å²) in [5.41, 5.74) is 0. The van der Waals surface area contributed by atoms with Crippen molar-refractivity contribution in [1.82, 2.24) is 5.32 Å². The number of amides is 1. The molecule has 0 saturated heterocycles. The van der Waals surface area contributed by atoms with E-state index in [4.69, 9.17) is 4.74 Å². The zero-order valence-corrected chi connectivity index (χ0v) is 36.0. The number of esters is 1. The van der Waals surface area contributed by atoms with Crippen molar-refractivity contribution in [2.24, 2.45) is 0 Å². The van der Waals surface area contributed by atoms with Crippen LogP contribution in [0.5, 0.6) is 0 Å². The van der Waals surface area contributed by atoms with Crippen LogP contribution < -0.4 is 5.32 Å². The number of aliphatic hydroxyl groups is 2. The zero-order chi connectivity index (χ0) is 40.3. The van der Waals surface area contributed by atoms with E-state index in [1.807, 2.05) is 0 Å². The standard InChI is InChI=1S/C49H87NO5/c1-4-7-10-13-16-19-21-22-23-24-25-26-27-29-31-34-37-40-45(55-49(54)42-39-36-33-28-18-15-12-9-6-3)43-48(53)50-46(44-51)47(52)41-38-35-32-30-20-17-14-11-8-5-2/h7,10,16,19,22-23,25-26,29,31,45-47,51-52H,4-6,8-9,11-15,17-18,20-21,24,27-28,30,32-44H2,1-3H3,(H,50,53)/b10-7-,19-16-,23-22-,26-25-,31-29-. The third kappa shape index (κ3) is 38.2. The lowest BCUT2D eigenvalue weighted by Crippen LogP contribution is -2.46. The lowest BCUT2D eigenvalue weighted by molar-refractivity contribution is -0.151. The maximum absolute atomic E-state index is 13.1. The number of carbonyl (C=O) groups is 2. The lowest BCUT2D eigenvalue weighted by atomic mass is 10.0. The van der Waals surface area contributed by atoms with Gasteiger partial charge in [0.25, 0.3) is 0 Å². The molecular weight excluding hydrogens is 683 g/mol. The third-order valence-electron chi connectivity index (χ3n) is 10.1. The van der Waals surface area contributed by atoms with Crippen LogP contribution in [0, 0.1) is 0 Å². The fraction of sp³-hybridized carbons (Fsp3) is 0.755. The molecule has 0 bridgehead atoms. The Morgan fingerprint density at radius 1 is 0.545 bits per heavy atom. The van der Waals surface area contributed by atoms with Crippen LogP contribution in [0.2, 0.25) is 0 Å². The first-order valence-electron chi connectivity index (χ1n) is 23.0. The average molecular weight is 770 g/mol. The molecule has 1 amide bonds. The highest BCUT2D eigenvalue weighted by Crippen LogP contribution is 2.16. The Morgan fingerprint density at radius 2 is 0.982 bits per heavy atom. The molecule has 318 valence electrons. The van der Waals surface area contributed by atoms with E-state index in [-0.39, 0.29) is 24.9 Å². The second kappa shape index (κ2) is 42.7. The van der Waals surface area contributed by atoms with E-state index in [2.05, 4.69) is 86.8 Å². The number of hydrogen-bond acceptors (Lipinski definition) is 5. The summed E-state index contributed by atoms with van der Waals surface area (Å²) in [6, 6.07) is -0.717. The second-order valence-electron chi connectivity index (χ2n) is 15.4. The smallest absolute Gasteiger partial charge is 0.306 e. The molecule has 0 fully saturated rings. The van der Waals surface area contributed by atoms with Crippen molar-refractivity contribution in [3.8, 4) is 0 Å². The quantitative estimate of drug-likeness (QED) is 0.0328. The Morgan fingerprint density at radius 3 is 1.45 bits per heavy atom. The number of hydrogen-bond donors (Lipinski definition) is 3. The van der Waals surface area contributed by atoms with Crippen LogP contribution in [-0.4, -0.2) is 46.9 Å². The molecule has 0 aliphatic heterocycles. The van der Waals surface area contributed by atoms with Crippen molar-refractivity contribution in [3.63, 3.8) is 0 Å². The van der Waals surface area contributed by atoms with E-state index >= 15 is 0 Å². The number of rotatable bonds is 40. The number of nitrogens with one attached hydrogen (secondary N) is 1. The molecule has 0 saturated carbocycles. The van der Waals surface area contributed by atoms with Crippen molar-refractivity contribution in [1.29, 1.82) is 0 Å². The molecule has 6 heteroatoms. The van der Waals surface area contributed by atoms with E-state index in [0.717, 1.165) is 83.5 Å². The predicted molar refractivity (Wildman–Crippen MR) is 236 cm³/mol. The van der Waals surface area contributed by atoms with Crippen molar-refractivity contribution in [2.75, 3.05) is 6.61 Å². The number of allylic oxidation sites excluding steroid dienone is 10. The molecule has 0 rings (SSSR count). The fourth-order valence-electron chi connectivity index (χ4n) is 6.64. The summed E-state index contributed by atoms with van der Waals surface area (Å²) in [5.74, 6) is -0.535. The second-order valence-corrected chi connectivity index (χ2v) is 15.4. The molecule has 6 nitrogen and oxygen atoms in total. The summed E-state index contributed by atoms with van der Waals surface area (Å²) < 4.78 is 5.86. The van der Waals surface area contributed by atoms with Gasteiger partial charge < -0.3 is 20.3 Å². The van der Waals surface area contributed by atoms with Gasteiger partial charge in [-0.15, -0.1) is 0 Å². The molecule has 0 aliphatic rings. The summed E-state index contributed by atoms with van der Waals surface area (Å²) in [7, 11) is 0. The molecule has 0 radical (unpaired) electrons. The average Bonchev–Trinajstić information content (AvgIpc) is 3.18. The molecule has 0 spiro atoms. The van der Waals surface area contributed by atoms with E-state index in [0.29, 0.717) is 19.3 Å². The molecular formula is C49H87NO5. The normalized spacial score (nSPS) is 13.9. The minimum Gasteiger partial charge on any atom is -0.462 e. The Hall–Kier alpha value is -2.44. The molecule has 3 atom stereocenters. The Bertz CT molecular complexity index is 999. The molecule has 3 unspecified atom stereocenters. The number of aliphatic hydroxyl groups excluding tert-OH is 2. The Balaban J connectivity index is 4.71. The summed E-state index contributed by atoms with van der Waals surface area (Å²) in [4.78, 5) is 25.9. The van der Waals surface area contributed by atoms with E-state index < -0.39 is 18.2 Å². The molecule has 0 heterocycles.